The highest BCUT2D eigenvalue weighted by atomic mass is 35.5. The van der Waals surface area contributed by atoms with E-state index in [9.17, 15) is 4.79 Å². The Balaban J connectivity index is 0.00000200. The third-order valence-corrected chi connectivity index (χ3v) is 3.65. The molecular weight excluding hydrogens is 276 g/mol. The molecule has 1 aliphatic rings. The first-order chi connectivity index (χ1) is 9.25. The first-order valence-electron chi connectivity index (χ1n) is 7.12. The Morgan fingerprint density at radius 3 is 2.50 bits per heavy atom. The van der Waals surface area contributed by atoms with Crippen molar-refractivity contribution in [3.63, 3.8) is 0 Å². The van der Waals surface area contributed by atoms with Crippen molar-refractivity contribution in [2.45, 2.75) is 38.1 Å². The molecule has 0 atom stereocenters. The Labute approximate surface area is 126 Å². The molecule has 4 N–H and O–H groups in total. The third-order valence-electron chi connectivity index (χ3n) is 3.65. The molecule has 1 aromatic carbocycles. The highest BCUT2D eigenvalue weighted by Gasteiger charge is 2.15. The summed E-state index contributed by atoms with van der Waals surface area (Å²) >= 11 is 0. The van der Waals surface area contributed by atoms with Crippen molar-refractivity contribution >= 4 is 11.7 Å². The van der Waals surface area contributed by atoms with Gasteiger partial charge in [-0.05, 0) is 49.9 Å². The lowest BCUT2D eigenvalue weighted by Crippen LogP contribution is -3.00. The van der Waals surface area contributed by atoms with Crippen LogP contribution in [0.4, 0.5) is 5.69 Å². The largest absolute Gasteiger partial charge is 1.00 e. The van der Waals surface area contributed by atoms with Crippen molar-refractivity contribution in [1.82, 2.24) is 0 Å². The summed E-state index contributed by atoms with van der Waals surface area (Å²) in [6, 6.07) is 7.55. The molecule has 0 aromatic heterocycles. The molecule has 4 nitrogen and oxygen atoms in total. The van der Waals surface area contributed by atoms with Crippen molar-refractivity contribution in [2.75, 3.05) is 18.9 Å². The molecule has 0 aliphatic heterocycles. The molecule has 0 bridgehead atoms. The highest BCUT2D eigenvalue weighted by Crippen LogP contribution is 2.14. The maximum absolute atomic E-state index is 11.7. The van der Waals surface area contributed by atoms with E-state index in [1.165, 1.54) is 32.1 Å². The average molecular weight is 299 g/mol. The third kappa shape index (κ3) is 5.39. The van der Waals surface area contributed by atoms with E-state index in [-0.39, 0.29) is 18.4 Å². The van der Waals surface area contributed by atoms with Gasteiger partial charge < -0.3 is 28.2 Å². The van der Waals surface area contributed by atoms with Gasteiger partial charge in [-0.1, -0.05) is 6.42 Å². The molecule has 0 amide bonds. The van der Waals surface area contributed by atoms with E-state index in [0.717, 1.165) is 12.6 Å². The maximum atomic E-state index is 11.7. The second-order valence-electron chi connectivity index (χ2n) is 5.18. The van der Waals surface area contributed by atoms with Crippen molar-refractivity contribution in [3.05, 3.63) is 29.8 Å². The zero-order valence-electron chi connectivity index (χ0n) is 11.7. The van der Waals surface area contributed by atoms with Crippen LogP contribution in [0.15, 0.2) is 24.3 Å². The van der Waals surface area contributed by atoms with Gasteiger partial charge in [-0.2, -0.15) is 0 Å². The fourth-order valence-electron chi connectivity index (χ4n) is 2.53. The van der Waals surface area contributed by atoms with Gasteiger partial charge in [-0.15, -0.1) is 0 Å². The quantitative estimate of drug-likeness (QED) is 0.388. The van der Waals surface area contributed by atoms with Gasteiger partial charge in [0.2, 0.25) is 0 Å². The number of rotatable bonds is 5. The number of carbonyl (C=O) groups is 1. The first kappa shape index (κ1) is 16.8. The Hall–Kier alpha value is -1.26. The lowest BCUT2D eigenvalue weighted by atomic mass is 9.96. The van der Waals surface area contributed by atoms with E-state index in [0.29, 0.717) is 17.9 Å². The molecule has 0 saturated heterocycles. The first-order valence-corrected chi connectivity index (χ1v) is 7.12. The Kier molecular flexibility index (Phi) is 7.41. The van der Waals surface area contributed by atoms with Crippen LogP contribution in [-0.2, 0) is 4.74 Å². The number of quaternary nitrogens is 1. The van der Waals surface area contributed by atoms with Crippen molar-refractivity contribution in [2.24, 2.45) is 0 Å². The number of ether oxygens (including phenoxy) is 1. The van der Waals surface area contributed by atoms with Gasteiger partial charge in [0.15, 0.2) is 0 Å². The van der Waals surface area contributed by atoms with Crippen LogP contribution >= 0.6 is 0 Å². The topological polar surface area (TPSA) is 68.9 Å². The number of hydrogen-bond acceptors (Lipinski definition) is 3. The summed E-state index contributed by atoms with van der Waals surface area (Å²) in [4.78, 5) is 11.7. The standard InChI is InChI=1S/C15H22N2O2.ClH/c16-13-8-6-12(7-9-13)15(18)19-11-10-17-14-4-2-1-3-5-14;/h6-9,14,17H,1-5,10-11,16H2;1H. The van der Waals surface area contributed by atoms with Crippen molar-refractivity contribution in [3.8, 4) is 0 Å². The van der Waals surface area contributed by atoms with Crippen molar-refractivity contribution < 1.29 is 27.3 Å². The molecule has 112 valence electrons. The number of carbonyl (C=O) groups excluding carboxylic acids is 1. The average Bonchev–Trinajstić information content (AvgIpc) is 2.45. The fourth-order valence-corrected chi connectivity index (χ4v) is 2.53. The van der Waals surface area contributed by atoms with E-state index in [2.05, 4.69) is 5.32 Å². The summed E-state index contributed by atoms with van der Waals surface area (Å²) in [6.45, 7) is 1.32. The predicted molar refractivity (Wildman–Crippen MR) is 74.8 cm³/mol. The minimum atomic E-state index is -0.267. The molecule has 0 spiro atoms. The number of halogens is 1. The van der Waals surface area contributed by atoms with E-state index in [1.807, 2.05) is 0 Å². The van der Waals surface area contributed by atoms with Crippen LogP contribution in [0, 0.1) is 0 Å². The van der Waals surface area contributed by atoms with E-state index in [1.54, 1.807) is 24.3 Å². The van der Waals surface area contributed by atoms with Crippen LogP contribution in [0.3, 0.4) is 0 Å². The highest BCUT2D eigenvalue weighted by molar-refractivity contribution is 5.89. The number of esters is 1. The van der Waals surface area contributed by atoms with Gasteiger partial charge >= 0.3 is 5.97 Å². The van der Waals surface area contributed by atoms with Gasteiger partial charge in [0.25, 0.3) is 0 Å². The molecule has 0 radical (unpaired) electrons. The number of nitrogens with two attached hydrogens (primary N) is 2. The van der Waals surface area contributed by atoms with Gasteiger partial charge in [0.1, 0.15) is 13.2 Å². The number of hydrogen-bond donors (Lipinski definition) is 2. The summed E-state index contributed by atoms with van der Waals surface area (Å²) in [5.41, 5.74) is 6.79. The molecule has 0 heterocycles. The molecule has 20 heavy (non-hydrogen) atoms. The van der Waals surface area contributed by atoms with Crippen LogP contribution in [-0.4, -0.2) is 25.2 Å². The van der Waals surface area contributed by atoms with E-state index >= 15 is 0 Å². The van der Waals surface area contributed by atoms with Gasteiger partial charge in [0.05, 0.1) is 11.6 Å². The molecular formula is C15H23ClN2O2. The Morgan fingerprint density at radius 2 is 1.85 bits per heavy atom. The molecule has 1 fully saturated rings. The van der Waals surface area contributed by atoms with E-state index < -0.39 is 0 Å². The molecule has 2 rings (SSSR count). The summed E-state index contributed by atoms with van der Waals surface area (Å²) in [5, 5.41) is 2.31. The summed E-state index contributed by atoms with van der Waals surface area (Å²) in [7, 11) is 0. The molecule has 5 heteroatoms. The van der Waals surface area contributed by atoms with Gasteiger partial charge in [-0.3, -0.25) is 0 Å². The van der Waals surface area contributed by atoms with Crippen LogP contribution in [0.25, 0.3) is 0 Å². The minimum absolute atomic E-state index is 0. The normalized spacial score (nSPS) is 15.4. The number of benzene rings is 1. The zero-order valence-corrected chi connectivity index (χ0v) is 12.4. The Morgan fingerprint density at radius 1 is 1.20 bits per heavy atom. The summed E-state index contributed by atoms with van der Waals surface area (Å²) in [5.74, 6) is -0.267. The molecule has 1 aromatic rings. The second-order valence-corrected chi connectivity index (χ2v) is 5.18. The molecule has 1 aliphatic carbocycles. The maximum Gasteiger partial charge on any atom is 0.338 e. The fraction of sp³-hybridized carbons (Fsp3) is 0.533. The number of nitrogen functional groups attached to an aromatic ring is 1. The predicted octanol–water partition coefficient (Wildman–Crippen LogP) is -1.67. The zero-order chi connectivity index (χ0) is 13.5. The summed E-state index contributed by atoms with van der Waals surface area (Å²) in [6.07, 6.45) is 6.65. The molecule has 0 unspecified atom stereocenters. The lowest BCUT2D eigenvalue weighted by molar-refractivity contribution is -0.692. The lowest BCUT2D eigenvalue weighted by Gasteiger charge is -2.19. The van der Waals surface area contributed by atoms with Gasteiger partial charge in [0, 0.05) is 5.69 Å². The minimum Gasteiger partial charge on any atom is -1.00 e. The van der Waals surface area contributed by atoms with Crippen LogP contribution < -0.4 is 23.5 Å². The van der Waals surface area contributed by atoms with Gasteiger partial charge in [-0.25, -0.2) is 4.79 Å². The molecule has 1 saturated carbocycles. The second kappa shape index (κ2) is 8.82. The number of anilines is 1. The van der Waals surface area contributed by atoms with Crippen LogP contribution in [0.1, 0.15) is 42.5 Å². The van der Waals surface area contributed by atoms with E-state index in [4.69, 9.17) is 10.5 Å². The SMILES string of the molecule is Nc1ccc(C(=O)OCC[NH2+]C2CCCCC2)cc1.[Cl-]. The monoisotopic (exact) mass is 298 g/mol. The van der Waals surface area contributed by atoms with Crippen LogP contribution in [0.5, 0.6) is 0 Å². The van der Waals surface area contributed by atoms with Crippen molar-refractivity contribution in [1.29, 1.82) is 0 Å². The van der Waals surface area contributed by atoms with Crippen LogP contribution in [0.2, 0.25) is 0 Å². The smallest absolute Gasteiger partial charge is 0.338 e. The summed E-state index contributed by atoms with van der Waals surface area (Å²) < 4.78 is 5.25. The Bertz CT molecular complexity index is 403.